The Morgan fingerprint density at radius 2 is 1.14 bits per heavy atom. The lowest BCUT2D eigenvalue weighted by atomic mass is 9.87. The van der Waals surface area contributed by atoms with E-state index in [-0.39, 0.29) is 29.9 Å². The van der Waals surface area contributed by atoms with Crippen LogP contribution in [0.15, 0.2) is 66.7 Å². The van der Waals surface area contributed by atoms with Crippen LogP contribution in [0.4, 0.5) is 17.6 Å². The first-order valence-corrected chi connectivity index (χ1v) is 12.0. The Morgan fingerprint density at radius 1 is 0.657 bits per heavy atom. The molecule has 1 saturated heterocycles. The molecule has 1 aliphatic heterocycles. The lowest BCUT2D eigenvalue weighted by molar-refractivity contribution is 0.114. The standard InChI is InChI=1S/C28H30F4N2O/c29-23-10-6-21(7-11-23)25(22-8-12-24(30)13-9-22)3-2-14-33-15-17-34(18-16-33)19-20-35-28-26(31)4-1-5-27(28)32/h1,4-13,25H,2-3,14-20H2. The first kappa shape index (κ1) is 25.2. The quantitative estimate of drug-likeness (QED) is 0.334. The Labute approximate surface area is 203 Å². The maximum absolute atomic E-state index is 13.7. The van der Waals surface area contributed by atoms with Crippen LogP contribution < -0.4 is 4.74 Å². The molecule has 3 aromatic carbocycles. The minimum Gasteiger partial charge on any atom is -0.486 e. The van der Waals surface area contributed by atoms with Crippen molar-refractivity contribution < 1.29 is 22.3 Å². The van der Waals surface area contributed by atoms with Crippen LogP contribution in [0.5, 0.6) is 5.75 Å². The van der Waals surface area contributed by atoms with E-state index in [1.165, 1.54) is 42.5 Å². The van der Waals surface area contributed by atoms with Gasteiger partial charge in [-0.15, -0.1) is 0 Å². The van der Waals surface area contributed by atoms with Crippen LogP contribution in [-0.4, -0.2) is 55.7 Å². The van der Waals surface area contributed by atoms with Crippen LogP contribution in [0.1, 0.15) is 29.9 Å². The van der Waals surface area contributed by atoms with Crippen molar-refractivity contribution in [1.82, 2.24) is 9.80 Å². The van der Waals surface area contributed by atoms with E-state index in [9.17, 15) is 17.6 Å². The molecular formula is C28H30F4N2O. The van der Waals surface area contributed by atoms with Gasteiger partial charge in [0.25, 0.3) is 0 Å². The second-order valence-electron chi connectivity index (χ2n) is 8.88. The molecule has 1 fully saturated rings. The number of halogens is 4. The fourth-order valence-corrected chi connectivity index (χ4v) is 4.57. The van der Waals surface area contributed by atoms with Gasteiger partial charge in [-0.1, -0.05) is 30.3 Å². The van der Waals surface area contributed by atoms with Gasteiger partial charge in [0.15, 0.2) is 17.4 Å². The Hall–Kier alpha value is -2.90. The lowest BCUT2D eigenvalue weighted by Gasteiger charge is -2.34. The summed E-state index contributed by atoms with van der Waals surface area (Å²) in [6.45, 7) is 5.32. The molecule has 1 heterocycles. The third-order valence-corrected chi connectivity index (χ3v) is 6.55. The number of ether oxygens (including phenoxy) is 1. The van der Waals surface area contributed by atoms with Crippen molar-refractivity contribution in [2.75, 3.05) is 45.9 Å². The summed E-state index contributed by atoms with van der Waals surface area (Å²) in [6, 6.07) is 16.8. The van der Waals surface area contributed by atoms with E-state index in [1.807, 2.05) is 0 Å². The molecule has 0 spiro atoms. The number of rotatable bonds is 10. The summed E-state index contributed by atoms with van der Waals surface area (Å²) < 4.78 is 59.5. The zero-order valence-electron chi connectivity index (χ0n) is 19.6. The van der Waals surface area contributed by atoms with Gasteiger partial charge in [-0.3, -0.25) is 4.90 Å². The first-order valence-electron chi connectivity index (χ1n) is 12.0. The van der Waals surface area contributed by atoms with Crippen molar-refractivity contribution in [3.05, 3.63) is 101 Å². The molecule has 0 aliphatic carbocycles. The van der Waals surface area contributed by atoms with Gasteiger partial charge >= 0.3 is 0 Å². The van der Waals surface area contributed by atoms with Crippen LogP contribution in [0.3, 0.4) is 0 Å². The van der Waals surface area contributed by atoms with Crippen LogP contribution in [0.25, 0.3) is 0 Å². The van der Waals surface area contributed by atoms with Crippen molar-refractivity contribution in [2.24, 2.45) is 0 Å². The topological polar surface area (TPSA) is 15.7 Å². The molecule has 1 aliphatic rings. The molecule has 0 aromatic heterocycles. The zero-order chi connectivity index (χ0) is 24.6. The van der Waals surface area contributed by atoms with Crippen molar-refractivity contribution in [3.8, 4) is 5.75 Å². The average molecular weight is 487 g/mol. The minimum atomic E-state index is -0.686. The van der Waals surface area contributed by atoms with Gasteiger partial charge in [0.2, 0.25) is 0 Å². The number of nitrogens with zero attached hydrogens (tertiary/aromatic N) is 2. The lowest BCUT2D eigenvalue weighted by Crippen LogP contribution is -2.47. The zero-order valence-corrected chi connectivity index (χ0v) is 19.6. The van der Waals surface area contributed by atoms with E-state index in [1.54, 1.807) is 24.3 Å². The second-order valence-corrected chi connectivity index (χ2v) is 8.88. The Morgan fingerprint density at radius 3 is 1.66 bits per heavy atom. The average Bonchev–Trinajstić information content (AvgIpc) is 2.86. The fourth-order valence-electron chi connectivity index (χ4n) is 4.57. The van der Waals surface area contributed by atoms with E-state index in [2.05, 4.69) is 9.80 Å². The Kier molecular flexibility index (Phi) is 8.77. The first-order chi connectivity index (χ1) is 17.0. The predicted molar refractivity (Wildman–Crippen MR) is 129 cm³/mol. The molecule has 0 N–H and O–H groups in total. The third-order valence-electron chi connectivity index (χ3n) is 6.55. The maximum Gasteiger partial charge on any atom is 0.190 e. The molecule has 7 heteroatoms. The molecule has 4 rings (SSSR count). The SMILES string of the molecule is Fc1ccc(C(CCCN2CCN(CCOc3c(F)cccc3F)CC2)c2ccc(F)cc2)cc1. The maximum atomic E-state index is 13.7. The van der Waals surface area contributed by atoms with Crippen molar-refractivity contribution in [2.45, 2.75) is 18.8 Å². The van der Waals surface area contributed by atoms with Crippen LogP contribution in [0, 0.1) is 23.3 Å². The smallest absolute Gasteiger partial charge is 0.190 e. The van der Waals surface area contributed by atoms with E-state index >= 15 is 0 Å². The van der Waals surface area contributed by atoms with Crippen molar-refractivity contribution in [3.63, 3.8) is 0 Å². The summed E-state index contributed by atoms with van der Waals surface area (Å²) >= 11 is 0. The summed E-state index contributed by atoms with van der Waals surface area (Å²) in [5.74, 6) is -2.15. The molecule has 0 unspecified atom stereocenters. The molecule has 35 heavy (non-hydrogen) atoms. The highest BCUT2D eigenvalue weighted by molar-refractivity contribution is 5.32. The highest BCUT2D eigenvalue weighted by Crippen LogP contribution is 2.30. The van der Waals surface area contributed by atoms with Gasteiger partial charge in [0, 0.05) is 38.6 Å². The Bertz CT molecular complexity index is 1000. The monoisotopic (exact) mass is 486 g/mol. The highest BCUT2D eigenvalue weighted by atomic mass is 19.1. The summed E-state index contributed by atoms with van der Waals surface area (Å²) in [4.78, 5) is 4.63. The molecule has 0 bridgehead atoms. The van der Waals surface area contributed by atoms with Gasteiger partial charge in [-0.05, 0) is 66.9 Å². The Balaban J connectivity index is 1.23. The summed E-state index contributed by atoms with van der Waals surface area (Å²) in [5, 5.41) is 0. The summed E-state index contributed by atoms with van der Waals surface area (Å²) in [5.41, 5.74) is 2.04. The van der Waals surface area contributed by atoms with Crippen molar-refractivity contribution in [1.29, 1.82) is 0 Å². The van der Waals surface area contributed by atoms with Crippen LogP contribution >= 0.6 is 0 Å². The summed E-state index contributed by atoms with van der Waals surface area (Å²) in [7, 11) is 0. The highest BCUT2D eigenvalue weighted by Gasteiger charge is 2.19. The molecule has 3 aromatic rings. The van der Waals surface area contributed by atoms with E-state index in [0.29, 0.717) is 6.54 Å². The van der Waals surface area contributed by atoms with E-state index < -0.39 is 11.6 Å². The molecule has 186 valence electrons. The van der Waals surface area contributed by atoms with Gasteiger partial charge < -0.3 is 9.64 Å². The van der Waals surface area contributed by atoms with Crippen molar-refractivity contribution >= 4 is 0 Å². The van der Waals surface area contributed by atoms with Crippen LogP contribution in [-0.2, 0) is 0 Å². The predicted octanol–water partition coefficient (Wildman–Crippen LogP) is 5.85. The summed E-state index contributed by atoms with van der Waals surface area (Å²) in [6.07, 6.45) is 1.83. The number of benzene rings is 3. The molecule has 0 amide bonds. The number of piperazine rings is 1. The molecule has 0 atom stereocenters. The van der Waals surface area contributed by atoms with Gasteiger partial charge in [0.05, 0.1) is 0 Å². The second kappa shape index (κ2) is 12.2. The number of hydrogen-bond acceptors (Lipinski definition) is 3. The molecule has 0 saturated carbocycles. The fraction of sp³-hybridized carbons (Fsp3) is 0.357. The van der Waals surface area contributed by atoms with Crippen LogP contribution in [0.2, 0.25) is 0 Å². The molecule has 3 nitrogen and oxygen atoms in total. The van der Waals surface area contributed by atoms with Gasteiger partial charge in [-0.2, -0.15) is 0 Å². The number of hydrogen-bond donors (Lipinski definition) is 0. The normalized spacial score (nSPS) is 15.0. The minimum absolute atomic E-state index is 0.0772. The molecule has 0 radical (unpaired) electrons. The van der Waals surface area contributed by atoms with E-state index in [0.717, 1.165) is 56.7 Å². The molecular weight excluding hydrogens is 456 g/mol. The van der Waals surface area contributed by atoms with Gasteiger partial charge in [0.1, 0.15) is 18.2 Å². The third kappa shape index (κ3) is 7.05. The largest absolute Gasteiger partial charge is 0.486 e. The van der Waals surface area contributed by atoms with E-state index in [4.69, 9.17) is 4.74 Å². The van der Waals surface area contributed by atoms with Gasteiger partial charge in [-0.25, -0.2) is 17.6 Å². The number of para-hydroxylation sites is 1.